The van der Waals surface area contributed by atoms with E-state index in [0.717, 1.165) is 33.8 Å². The van der Waals surface area contributed by atoms with E-state index in [9.17, 15) is 4.79 Å². The number of para-hydroxylation sites is 1. The van der Waals surface area contributed by atoms with Gasteiger partial charge in [0.2, 0.25) is 0 Å². The van der Waals surface area contributed by atoms with Gasteiger partial charge in [-0.05, 0) is 29.8 Å². The van der Waals surface area contributed by atoms with Crippen LogP contribution in [-0.2, 0) is 6.42 Å². The summed E-state index contributed by atoms with van der Waals surface area (Å²) >= 11 is 0. The van der Waals surface area contributed by atoms with Crippen LogP contribution in [0.2, 0.25) is 0 Å². The van der Waals surface area contributed by atoms with Crippen molar-refractivity contribution in [2.75, 3.05) is 16.4 Å². The minimum absolute atomic E-state index is 0.311. The van der Waals surface area contributed by atoms with Gasteiger partial charge in [-0.1, -0.05) is 60.7 Å². The summed E-state index contributed by atoms with van der Waals surface area (Å²) in [5, 5.41) is 5.70. The van der Waals surface area contributed by atoms with Crippen LogP contribution < -0.4 is 16.4 Å². The van der Waals surface area contributed by atoms with Crippen LogP contribution in [0.4, 0.5) is 22.0 Å². The minimum Gasteiger partial charge on any atom is -0.382 e. The maximum Gasteiger partial charge on any atom is 0.323 e. The standard InChI is InChI=1S/C26H22N6O/c27-24-17-32-16-23(30-22(25(32)31-24)14-18-8-3-1-4-9-18)19-10-7-13-21(15-19)29-26(33)28-20-11-5-2-6-12-20/h1-13,15-17H,14,27H2,(H2,28,29,33). The average Bonchev–Trinajstić information content (AvgIpc) is 3.21. The number of nitrogens with zero attached hydrogens (tertiary/aromatic N) is 3. The summed E-state index contributed by atoms with van der Waals surface area (Å²) in [6, 6.07) is 26.7. The first-order chi connectivity index (χ1) is 16.1. The zero-order valence-corrected chi connectivity index (χ0v) is 17.8. The Labute approximate surface area is 190 Å². The second-order valence-electron chi connectivity index (χ2n) is 7.66. The van der Waals surface area contributed by atoms with Crippen molar-refractivity contribution in [2.24, 2.45) is 0 Å². The molecule has 2 amide bonds. The lowest BCUT2D eigenvalue weighted by Gasteiger charge is -2.11. The van der Waals surface area contributed by atoms with Crippen LogP contribution in [-0.4, -0.2) is 20.4 Å². The van der Waals surface area contributed by atoms with Gasteiger partial charge in [-0.3, -0.25) is 0 Å². The molecule has 162 valence electrons. The highest BCUT2D eigenvalue weighted by atomic mass is 16.2. The topological polar surface area (TPSA) is 97.3 Å². The van der Waals surface area contributed by atoms with Crippen LogP contribution in [0.25, 0.3) is 16.9 Å². The number of urea groups is 1. The summed E-state index contributed by atoms with van der Waals surface area (Å²) in [5.74, 6) is 0.441. The molecule has 7 nitrogen and oxygen atoms in total. The number of nitrogens with two attached hydrogens (primary N) is 1. The van der Waals surface area contributed by atoms with E-state index in [2.05, 4.69) is 27.8 Å². The molecular formula is C26H22N6O. The Morgan fingerprint density at radius 3 is 2.30 bits per heavy atom. The van der Waals surface area contributed by atoms with Gasteiger partial charge >= 0.3 is 6.03 Å². The number of nitrogens with one attached hydrogen (secondary N) is 2. The highest BCUT2D eigenvalue weighted by molar-refractivity contribution is 6.00. The second kappa shape index (κ2) is 8.84. The molecule has 0 atom stereocenters. The molecule has 0 fully saturated rings. The van der Waals surface area contributed by atoms with Crippen LogP contribution in [0.5, 0.6) is 0 Å². The number of benzene rings is 3. The van der Waals surface area contributed by atoms with Crippen molar-refractivity contribution in [1.82, 2.24) is 14.4 Å². The molecule has 0 unspecified atom stereocenters. The zero-order valence-electron chi connectivity index (χ0n) is 17.8. The van der Waals surface area contributed by atoms with Gasteiger partial charge < -0.3 is 20.8 Å². The van der Waals surface area contributed by atoms with Crippen molar-refractivity contribution in [3.8, 4) is 11.3 Å². The Hall–Kier alpha value is -4.65. The molecule has 0 saturated heterocycles. The van der Waals surface area contributed by atoms with Crippen molar-refractivity contribution in [3.05, 3.63) is 109 Å². The Kier molecular flexibility index (Phi) is 5.43. The summed E-state index contributed by atoms with van der Waals surface area (Å²) in [6.07, 6.45) is 4.31. The highest BCUT2D eigenvalue weighted by Crippen LogP contribution is 2.24. The number of fused-ring (bicyclic) bond motifs is 1. The number of hydrogen-bond donors (Lipinski definition) is 3. The number of amides is 2. The van der Waals surface area contributed by atoms with E-state index in [-0.39, 0.29) is 6.03 Å². The van der Waals surface area contributed by atoms with E-state index in [1.165, 1.54) is 0 Å². The predicted molar refractivity (Wildman–Crippen MR) is 131 cm³/mol. The van der Waals surface area contributed by atoms with Gasteiger partial charge in [0.1, 0.15) is 5.82 Å². The third-order valence-electron chi connectivity index (χ3n) is 5.19. The van der Waals surface area contributed by atoms with Crippen molar-refractivity contribution < 1.29 is 4.79 Å². The molecular weight excluding hydrogens is 412 g/mol. The third kappa shape index (κ3) is 4.67. The molecule has 0 aliphatic rings. The van der Waals surface area contributed by atoms with E-state index < -0.39 is 0 Å². The fraction of sp³-hybridized carbons (Fsp3) is 0.0385. The number of hydrogen-bond acceptors (Lipinski definition) is 4. The SMILES string of the molecule is Nc1cn2cc(-c3cccc(NC(=O)Nc4ccccc4)c3)nc(Cc3ccccc3)c2n1. The lowest BCUT2D eigenvalue weighted by atomic mass is 10.1. The van der Waals surface area contributed by atoms with E-state index in [1.807, 2.05) is 83.4 Å². The number of aromatic nitrogens is 3. The van der Waals surface area contributed by atoms with E-state index in [1.54, 1.807) is 6.20 Å². The Bertz CT molecular complexity index is 1410. The maximum atomic E-state index is 12.4. The van der Waals surface area contributed by atoms with Gasteiger partial charge in [0, 0.05) is 29.6 Å². The first kappa shape index (κ1) is 20.3. The quantitative estimate of drug-likeness (QED) is 0.354. The molecule has 7 heteroatoms. The summed E-state index contributed by atoms with van der Waals surface area (Å²) in [5.41, 5.74) is 11.7. The Morgan fingerprint density at radius 2 is 1.52 bits per heavy atom. The molecule has 3 aromatic carbocycles. The molecule has 0 radical (unpaired) electrons. The van der Waals surface area contributed by atoms with Crippen molar-refractivity contribution >= 4 is 28.9 Å². The highest BCUT2D eigenvalue weighted by Gasteiger charge is 2.12. The lowest BCUT2D eigenvalue weighted by molar-refractivity contribution is 0.262. The summed E-state index contributed by atoms with van der Waals surface area (Å²) in [7, 11) is 0. The van der Waals surface area contributed by atoms with Crippen LogP contribution in [0, 0.1) is 0 Å². The number of carbonyl (C=O) groups is 1. The first-order valence-electron chi connectivity index (χ1n) is 10.6. The normalized spacial score (nSPS) is 10.8. The number of carbonyl (C=O) groups excluding carboxylic acids is 1. The molecule has 4 N–H and O–H groups in total. The fourth-order valence-electron chi connectivity index (χ4n) is 3.70. The van der Waals surface area contributed by atoms with Crippen molar-refractivity contribution in [3.63, 3.8) is 0 Å². The van der Waals surface area contributed by atoms with E-state index >= 15 is 0 Å². The van der Waals surface area contributed by atoms with Gasteiger partial charge in [-0.2, -0.15) is 0 Å². The number of nitrogen functional groups attached to an aromatic ring is 1. The van der Waals surface area contributed by atoms with Gasteiger partial charge in [0.15, 0.2) is 5.65 Å². The molecule has 5 aromatic rings. The summed E-state index contributed by atoms with van der Waals surface area (Å²) in [6.45, 7) is 0. The third-order valence-corrected chi connectivity index (χ3v) is 5.19. The molecule has 33 heavy (non-hydrogen) atoms. The average molecular weight is 435 g/mol. The van der Waals surface area contributed by atoms with Crippen LogP contribution in [0.1, 0.15) is 11.3 Å². The smallest absolute Gasteiger partial charge is 0.323 e. The molecule has 0 saturated carbocycles. The maximum absolute atomic E-state index is 12.4. The number of anilines is 3. The second-order valence-corrected chi connectivity index (χ2v) is 7.66. The molecule has 2 heterocycles. The predicted octanol–water partition coefficient (Wildman–Crippen LogP) is 5.21. The molecule has 0 aliphatic heterocycles. The van der Waals surface area contributed by atoms with Gasteiger partial charge in [-0.15, -0.1) is 0 Å². The largest absolute Gasteiger partial charge is 0.382 e. The monoisotopic (exact) mass is 434 g/mol. The van der Waals surface area contributed by atoms with Crippen LogP contribution >= 0.6 is 0 Å². The Balaban J connectivity index is 1.44. The van der Waals surface area contributed by atoms with E-state index in [4.69, 9.17) is 10.7 Å². The van der Waals surface area contributed by atoms with Crippen molar-refractivity contribution in [1.29, 1.82) is 0 Å². The van der Waals surface area contributed by atoms with E-state index in [0.29, 0.717) is 17.9 Å². The van der Waals surface area contributed by atoms with Crippen LogP contribution in [0.3, 0.4) is 0 Å². The van der Waals surface area contributed by atoms with Crippen molar-refractivity contribution in [2.45, 2.75) is 6.42 Å². The molecule has 5 rings (SSSR count). The minimum atomic E-state index is -0.311. The lowest BCUT2D eigenvalue weighted by Crippen LogP contribution is -2.19. The molecule has 0 bridgehead atoms. The zero-order chi connectivity index (χ0) is 22.6. The summed E-state index contributed by atoms with van der Waals surface area (Å²) < 4.78 is 1.90. The fourth-order valence-corrected chi connectivity index (χ4v) is 3.70. The molecule has 0 aliphatic carbocycles. The molecule has 2 aromatic heterocycles. The van der Waals surface area contributed by atoms with Gasteiger partial charge in [0.25, 0.3) is 0 Å². The van der Waals surface area contributed by atoms with Crippen LogP contribution in [0.15, 0.2) is 97.3 Å². The number of rotatable bonds is 5. The van der Waals surface area contributed by atoms with Gasteiger partial charge in [0.05, 0.1) is 17.6 Å². The molecule has 0 spiro atoms. The van der Waals surface area contributed by atoms with Gasteiger partial charge in [-0.25, -0.2) is 14.8 Å². The number of imidazole rings is 1. The summed E-state index contributed by atoms with van der Waals surface area (Å²) in [4.78, 5) is 21.8. The first-order valence-corrected chi connectivity index (χ1v) is 10.6. The Morgan fingerprint density at radius 1 is 0.818 bits per heavy atom.